The van der Waals surface area contributed by atoms with E-state index in [0.717, 1.165) is 6.42 Å². The lowest BCUT2D eigenvalue weighted by molar-refractivity contribution is -0.128. The zero-order valence-electron chi connectivity index (χ0n) is 10.4. The van der Waals surface area contributed by atoms with Gasteiger partial charge in [-0.2, -0.15) is 0 Å². The van der Waals surface area contributed by atoms with E-state index in [0.29, 0.717) is 44.1 Å². The van der Waals surface area contributed by atoms with Crippen molar-refractivity contribution in [1.29, 1.82) is 0 Å². The van der Waals surface area contributed by atoms with Crippen molar-refractivity contribution in [2.75, 3.05) is 39.4 Å². The summed E-state index contributed by atoms with van der Waals surface area (Å²) in [5, 5.41) is 21.8. The minimum atomic E-state index is -0.0270. The molecule has 2 aliphatic heterocycles. The summed E-state index contributed by atoms with van der Waals surface area (Å²) in [4.78, 5) is 13.5. The van der Waals surface area contributed by atoms with Gasteiger partial charge in [0.05, 0.1) is 32.0 Å². The zero-order chi connectivity index (χ0) is 13.1. The highest BCUT2D eigenvalue weighted by atomic mass is 16.3. The molecule has 0 aromatic heterocycles. The van der Waals surface area contributed by atoms with Crippen LogP contribution in [-0.4, -0.2) is 70.4 Å². The fraction of sp³-hybridized carbons (Fsp3) is 0.727. The van der Waals surface area contributed by atoms with Gasteiger partial charge in [0, 0.05) is 19.5 Å². The second-order valence-electron chi connectivity index (χ2n) is 4.46. The van der Waals surface area contributed by atoms with E-state index in [9.17, 15) is 4.79 Å². The van der Waals surface area contributed by atoms with Crippen molar-refractivity contribution in [2.24, 2.45) is 5.73 Å². The summed E-state index contributed by atoms with van der Waals surface area (Å²) in [6.07, 6.45) is 1.38. The highest BCUT2D eigenvalue weighted by Crippen LogP contribution is 2.27. The molecular weight excluding hydrogens is 236 g/mol. The summed E-state index contributed by atoms with van der Waals surface area (Å²) in [6.45, 7) is 1.95. The summed E-state index contributed by atoms with van der Waals surface area (Å²) in [5.74, 6) is 0.752. The Hall–Kier alpha value is -1.31. The van der Waals surface area contributed by atoms with Gasteiger partial charge in [0.1, 0.15) is 5.82 Å². The molecule has 1 saturated heterocycles. The van der Waals surface area contributed by atoms with E-state index >= 15 is 0 Å². The smallest absolute Gasteiger partial charge is 0.228 e. The van der Waals surface area contributed by atoms with E-state index in [-0.39, 0.29) is 19.1 Å². The molecule has 1 amide bonds. The van der Waals surface area contributed by atoms with Crippen LogP contribution in [0.25, 0.3) is 0 Å². The van der Waals surface area contributed by atoms with Crippen molar-refractivity contribution >= 4 is 5.91 Å². The highest BCUT2D eigenvalue weighted by molar-refractivity contribution is 5.80. The molecule has 7 heteroatoms. The van der Waals surface area contributed by atoms with Gasteiger partial charge in [-0.05, 0) is 6.42 Å². The van der Waals surface area contributed by atoms with E-state index in [1.54, 1.807) is 9.91 Å². The van der Waals surface area contributed by atoms with Crippen molar-refractivity contribution in [3.05, 3.63) is 11.5 Å². The average molecular weight is 256 g/mol. The molecule has 0 saturated carbocycles. The minimum Gasteiger partial charge on any atom is -0.398 e. The summed E-state index contributed by atoms with van der Waals surface area (Å²) >= 11 is 0. The lowest BCUT2D eigenvalue weighted by Crippen LogP contribution is -2.45. The molecule has 0 spiro atoms. The number of amides is 1. The normalized spacial score (nSPS) is 21.6. The second-order valence-corrected chi connectivity index (χ2v) is 4.46. The number of rotatable bonds is 5. The monoisotopic (exact) mass is 256 g/mol. The third-order valence-corrected chi connectivity index (χ3v) is 3.22. The van der Waals surface area contributed by atoms with Crippen LogP contribution in [0, 0.1) is 0 Å². The lowest BCUT2D eigenvalue weighted by Gasteiger charge is -2.34. The van der Waals surface area contributed by atoms with Gasteiger partial charge in [-0.15, -0.1) is 0 Å². The number of aliphatic hydroxyl groups is 2. The molecule has 0 aromatic rings. The zero-order valence-corrected chi connectivity index (χ0v) is 10.4. The number of carbonyl (C=O) groups is 1. The van der Waals surface area contributed by atoms with Crippen LogP contribution in [0.5, 0.6) is 0 Å². The third-order valence-electron chi connectivity index (χ3n) is 3.22. The number of nitrogens with zero attached hydrogens (tertiary/aromatic N) is 3. The molecule has 0 aliphatic carbocycles. The minimum absolute atomic E-state index is 0.0104. The Labute approximate surface area is 106 Å². The standard InChI is InChI=1S/C11H20N4O3/c12-9-8-13(4-6-16)15(5-7-17)11(9)14-3-1-2-10(14)18/h16-17H,1-8,12H2. The van der Waals surface area contributed by atoms with E-state index in [1.807, 2.05) is 5.01 Å². The van der Waals surface area contributed by atoms with Crippen LogP contribution < -0.4 is 5.73 Å². The molecule has 18 heavy (non-hydrogen) atoms. The summed E-state index contributed by atoms with van der Waals surface area (Å²) in [6, 6.07) is 0. The number of hydrazine groups is 1. The Morgan fingerprint density at radius 1 is 1.22 bits per heavy atom. The summed E-state index contributed by atoms with van der Waals surface area (Å²) < 4.78 is 0. The van der Waals surface area contributed by atoms with E-state index < -0.39 is 0 Å². The molecular formula is C11H20N4O3. The first-order valence-electron chi connectivity index (χ1n) is 6.22. The highest BCUT2D eigenvalue weighted by Gasteiger charge is 2.35. The number of likely N-dealkylation sites (tertiary alicyclic amines) is 1. The van der Waals surface area contributed by atoms with Crippen molar-refractivity contribution in [2.45, 2.75) is 12.8 Å². The van der Waals surface area contributed by atoms with E-state index in [4.69, 9.17) is 15.9 Å². The first kappa shape index (κ1) is 13.1. The maximum atomic E-state index is 11.8. The van der Waals surface area contributed by atoms with Crippen molar-refractivity contribution in [1.82, 2.24) is 14.9 Å². The second kappa shape index (κ2) is 5.55. The molecule has 2 rings (SSSR count). The predicted octanol–water partition coefficient (Wildman–Crippen LogP) is -1.75. The Kier molecular flexibility index (Phi) is 4.05. The molecule has 0 aromatic carbocycles. The van der Waals surface area contributed by atoms with Crippen LogP contribution in [0.4, 0.5) is 0 Å². The SMILES string of the molecule is NC1=C(N2CCCC2=O)N(CCO)N(CCO)C1. The molecule has 102 valence electrons. The van der Waals surface area contributed by atoms with Crippen LogP contribution in [0.1, 0.15) is 12.8 Å². The van der Waals surface area contributed by atoms with E-state index in [2.05, 4.69) is 0 Å². The van der Waals surface area contributed by atoms with Gasteiger partial charge in [-0.25, -0.2) is 5.01 Å². The number of hydrogen-bond donors (Lipinski definition) is 3. The Morgan fingerprint density at radius 2 is 1.94 bits per heavy atom. The number of nitrogens with two attached hydrogens (primary N) is 1. The lowest BCUT2D eigenvalue weighted by atomic mass is 10.4. The summed E-state index contributed by atoms with van der Waals surface area (Å²) in [5.41, 5.74) is 6.62. The number of β-amino-alcohol motifs (C(OH)–C–C–N with tert-alkyl or cyclic N) is 2. The molecule has 2 heterocycles. The molecule has 0 bridgehead atoms. The average Bonchev–Trinajstić information content (AvgIpc) is 2.85. The Bertz CT molecular complexity index is 358. The quantitative estimate of drug-likeness (QED) is 0.540. The van der Waals surface area contributed by atoms with Crippen LogP contribution in [0.15, 0.2) is 11.5 Å². The first-order valence-corrected chi connectivity index (χ1v) is 6.22. The number of hydrogen-bond acceptors (Lipinski definition) is 6. The van der Waals surface area contributed by atoms with Crippen LogP contribution in [0.2, 0.25) is 0 Å². The Balaban J connectivity index is 2.19. The van der Waals surface area contributed by atoms with E-state index in [1.165, 1.54) is 0 Å². The van der Waals surface area contributed by atoms with Gasteiger partial charge < -0.3 is 15.9 Å². The number of carbonyl (C=O) groups excluding carboxylic acids is 1. The van der Waals surface area contributed by atoms with Crippen LogP contribution in [-0.2, 0) is 4.79 Å². The number of aliphatic hydroxyl groups excluding tert-OH is 2. The van der Waals surface area contributed by atoms with Crippen molar-refractivity contribution in [3.63, 3.8) is 0 Å². The topological polar surface area (TPSA) is 93.3 Å². The molecule has 7 nitrogen and oxygen atoms in total. The van der Waals surface area contributed by atoms with Crippen molar-refractivity contribution in [3.8, 4) is 0 Å². The molecule has 0 unspecified atom stereocenters. The third kappa shape index (κ3) is 2.29. The maximum Gasteiger partial charge on any atom is 0.228 e. The molecule has 2 aliphatic rings. The molecule has 1 fully saturated rings. The predicted molar refractivity (Wildman–Crippen MR) is 64.6 cm³/mol. The van der Waals surface area contributed by atoms with Gasteiger partial charge in [0.15, 0.2) is 0 Å². The molecule has 0 radical (unpaired) electrons. The van der Waals surface area contributed by atoms with Crippen LogP contribution in [0.3, 0.4) is 0 Å². The summed E-state index contributed by atoms with van der Waals surface area (Å²) in [7, 11) is 0. The van der Waals surface area contributed by atoms with Crippen LogP contribution >= 0.6 is 0 Å². The Morgan fingerprint density at radius 3 is 2.50 bits per heavy atom. The molecule has 0 atom stereocenters. The van der Waals surface area contributed by atoms with Gasteiger partial charge in [-0.3, -0.25) is 14.7 Å². The molecule has 4 N–H and O–H groups in total. The fourth-order valence-corrected chi connectivity index (χ4v) is 2.49. The van der Waals surface area contributed by atoms with Crippen molar-refractivity contribution < 1.29 is 15.0 Å². The van der Waals surface area contributed by atoms with Gasteiger partial charge in [0.2, 0.25) is 5.91 Å². The maximum absolute atomic E-state index is 11.8. The first-order chi connectivity index (χ1) is 8.69. The van der Waals surface area contributed by atoms with Gasteiger partial charge in [-0.1, -0.05) is 0 Å². The van der Waals surface area contributed by atoms with Gasteiger partial charge >= 0.3 is 0 Å². The fourth-order valence-electron chi connectivity index (χ4n) is 2.49. The van der Waals surface area contributed by atoms with Gasteiger partial charge in [0.25, 0.3) is 0 Å². The largest absolute Gasteiger partial charge is 0.398 e.